The van der Waals surface area contributed by atoms with E-state index in [0.717, 1.165) is 30.8 Å². The van der Waals surface area contributed by atoms with E-state index in [-0.39, 0.29) is 39.5 Å². The minimum absolute atomic E-state index is 0.140. The largest absolute Gasteiger partial charge is 0.504 e. The summed E-state index contributed by atoms with van der Waals surface area (Å²) in [6, 6.07) is 3.09. The lowest BCUT2D eigenvalue weighted by atomic mass is 10.1. The fraction of sp³-hybridized carbons (Fsp3) is 0.476. The number of ether oxygens (including phenoxy) is 2. The Morgan fingerprint density at radius 1 is 1.16 bits per heavy atom. The first-order valence-electron chi connectivity index (χ1n) is 10.0. The maximum atomic E-state index is 12.7. The molecule has 1 aromatic carbocycles. The van der Waals surface area contributed by atoms with Crippen LogP contribution in [0, 0.1) is 0 Å². The molecule has 0 aliphatic rings. The number of nitrogens with one attached hydrogen (secondary N) is 2. The van der Waals surface area contributed by atoms with Crippen molar-refractivity contribution >= 4 is 28.3 Å². The second-order valence-electron chi connectivity index (χ2n) is 7.10. The lowest BCUT2D eigenvalue weighted by molar-refractivity contribution is 0.0939. The van der Waals surface area contributed by atoms with Crippen LogP contribution >= 0.6 is 11.3 Å². The van der Waals surface area contributed by atoms with Crippen molar-refractivity contribution in [2.45, 2.75) is 33.2 Å². The Morgan fingerprint density at radius 3 is 2.48 bits per heavy atom. The van der Waals surface area contributed by atoms with E-state index < -0.39 is 5.91 Å². The molecule has 170 valence electrons. The topological polar surface area (TPSA) is 113 Å². The van der Waals surface area contributed by atoms with Crippen molar-refractivity contribution in [3.63, 3.8) is 0 Å². The Bertz CT molecular complexity index is 900. The van der Waals surface area contributed by atoms with Crippen LogP contribution < -0.4 is 20.1 Å². The molecule has 1 aromatic heterocycles. The summed E-state index contributed by atoms with van der Waals surface area (Å²) in [5.74, 6) is -0.598. The standard InChI is InChI=1S/C21H30N4O5S/c1-6-8-25(13(2)3)9-7-22-20(28)15-12-31-21(23-15)24-19(27)14-10-18(30-5)16(26)11-17(14)29-4/h10-13,26H,6-9H2,1-5H3,(H,22,28)(H,23,24,27). The third-order valence-electron chi connectivity index (χ3n) is 4.63. The third-order valence-corrected chi connectivity index (χ3v) is 5.39. The molecule has 2 amide bonds. The van der Waals surface area contributed by atoms with Crippen molar-refractivity contribution in [2.75, 3.05) is 39.2 Å². The van der Waals surface area contributed by atoms with E-state index in [1.807, 2.05) is 0 Å². The van der Waals surface area contributed by atoms with E-state index in [1.54, 1.807) is 5.38 Å². The molecule has 1 heterocycles. The van der Waals surface area contributed by atoms with Crippen LogP contribution in [0.4, 0.5) is 5.13 Å². The predicted molar refractivity (Wildman–Crippen MR) is 121 cm³/mol. The summed E-state index contributed by atoms with van der Waals surface area (Å²) < 4.78 is 10.2. The summed E-state index contributed by atoms with van der Waals surface area (Å²) in [5.41, 5.74) is 0.408. The molecule has 2 aromatic rings. The molecule has 0 radical (unpaired) electrons. The normalized spacial score (nSPS) is 10.9. The van der Waals surface area contributed by atoms with Gasteiger partial charge in [-0.2, -0.15) is 0 Å². The number of phenolic OH excluding ortho intramolecular Hbond substituents is 1. The highest BCUT2D eigenvalue weighted by Gasteiger charge is 2.19. The van der Waals surface area contributed by atoms with Gasteiger partial charge in [-0.3, -0.25) is 19.8 Å². The lowest BCUT2D eigenvalue weighted by Gasteiger charge is -2.25. The highest BCUT2D eigenvalue weighted by molar-refractivity contribution is 7.14. The van der Waals surface area contributed by atoms with E-state index in [1.165, 1.54) is 26.4 Å². The second-order valence-corrected chi connectivity index (χ2v) is 7.96. The molecule has 0 fully saturated rings. The van der Waals surface area contributed by atoms with Crippen molar-refractivity contribution in [2.24, 2.45) is 0 Å². The van der Waals surface area contributed by atoms with Gasteiger partial charge in [0.25, 0.3) is 11.8 Å². The molecule has 0 spiro atoms. The average Bonchev–Trinajstić information content (AvgIpc) is 3.21. The predicted octanol–water partition coefficient (Wildman–Crippen LogP) is 2.97. The molecule has 0 unspecified atom stereocenters. The fourth-order valence-electron chi connectivity index (χ4n) is 2.98. The summed E-state index contributed by atoms with van der Waals surface area (Å²) in [5, 5.41) is 17.2. The highest BCUT2D eigenvalue weighted by Crippen LogP contribution is 2.34. The summed E-state index contributed by atoms with van der Waals surface area (Å²) in [7, 11) is 2.78. The smallest absolute Gasteiger partial charge is 0.270 e. The van der Waals surface area contributed by atoms with Gasteiger partial charge in [-0.05, 0) is 26.8 Å². The highest BCUT2D eigenvalue weighted by atomic mass is 32.1. The summed E-state index contributed by atoms with van der Waals surface area (Å²) in [4.78, 5) is 31.5. The van der Waals surface area contributed by atoms with Gasteiger partial charge in [0, 0.05) is 36.6 Å². The van der Waals surface area contributed by atoms with Crippen LogP contribution in [0.15, 0.2) is 17.5 Å². The van der Waals surface area contributed by atoms with Crippen LogP contribution in [-0.2, 0) is 0 Å². The van der Waals surface area contributed by atoms with Gasteiger partial charge >= 0.3 is 0 Å². The summed E-state index contributed by atoms with van der Waals surface area (Å²) in [6.07, 6.45) is 1.05. The van der Waals surface area contributed by atoms with Crippen LogP contribution in [0.25, 0.3) is 0 Å². The van der Waals surface area contributed by atoms with E-state index in [4.69, 9.17) is 9.47 Å². The Labute approximate surface area is 186 Å². The number of aromatic hydroxyl groups is 1. The molecule has 0 atom stereocenters. The molecule has 10 heteroatoms. The quantitative estimate of drug-likeness (QED) is 0.482. The molecular weight excluding hydrogens is 420 g/mol. The second kappa shape index (κ2) is 11.5. The molecule has 31 heavy (non-hydrogen) atoms. The number of hydrogen-bond acceptors (Lipinski definition) is 8. The zero-order chi connectivity index (χ0) is 23.0. The molecule has 9 nitrogen and oxygen atoms in total. The third kappa shape index (κ3) is 6.56. The van der Waals surface area contributed by atoms with Gasteiger partial charge in [0.1, 0.15) is 11.4 Å². The number of carbonyl (C=O) groups excluding carboxylic acids is 2. The molecule has 0 saturated heterocycles. The Kier molecular flexibility index (Phi) is 9.07. The van der Waals surface area contributed by atoms with Crippen molar-refractivity contribution in [3.8, 4) is 17.2 Å². The van der Waals surface area contributed by atoms with Crippen LogP contribution in [0.2, 0.25) is 0 Å². The molecule has 2 rings (SSSR count). The van der Waals surface area contributed by atoms with Gasteiger partial charge in [0.05, 0.1) is 19.8 Å². The number of nitrogens with zero attached hydrogens (tertiary/aromatic N) is 2. The average molecular weight is 451 g/mol. The molecule has 0 aliphatic carbocycles. The minimum Gasteiger partial charge on any atom is -0.504 e. The fourth-order valence-corrected chi connectivity index (χ4v) is 3.66. The van der Waals surface area contributed by atoms with E-state index in [0.29, 0.717) is 12.6 Å². The SMILES string of the molecule is CCCN(CCNC(=O)c1csc(NC(=O)c2cc(OC)c(O)cc2OC)n1)C(C)C. The number of hydrogen-bond donors (Lipinski definition) is 3. The van der Waals surface area contributed by atoms with Gasteiger partial charge in [0.2, 0.25) is 0 Å². The molecule has 0 aliphatic heterocycles. The van der Waals surface area contributed by atoms with Crippen molar-refractivity contribution < 1.29 is 24.2 Å². The first-order chi connectivity index (χ1) is 14.8. The van der Waals surface area contributed by atoms with Crippen LogP contribution in [0.3, 0.4) is 0 Å². The van der Waals surface area contributed by atoms with Gasteiger partial charge in [0.15, 0.2) is 16.6 Å². The number of carbonyl (C=O) groups is 2. The Balaban J connectivity index is 2.00. The van der Waals surface area contributed by atoms with Crippen molar-refractivity contribution in [1.82, 2.24) is 15.2 Å². The van der Waals surface area contributed by atoms with Gasteiger partial charge in [-0.1, -0.05) is 6.92 Å². The van der Waals surface area contributed by atoms with Crippen LogP contribution in [0.5, 0.6) is 17.2 Å². The summed E-state index contributed by atoms with van der Waals surface area (Å²) >= 11 is 1.14. The van der Waals surface area contributed by atoms with Crippen LogP contribution in [0.1, 0.15) is 48.0 Å². The number of methoxy groups -OCH3 is 2. The van der Waals surface area contributed by atoms with Gasteiger partial charge in [-0.15, -0.1) is 11.3 Å². The van der Waals surface area contributed by atoms with Gasteiger partial charge < -0.3 is 19.9 Å². The molecule has 3 N–H and O–H groups in total. The first-order valence-corrected chi connectivity index (χ1v) is 10.9. The monoisotopic (exact) mass is 450 g/mol. The molecular formula is C21H30N4O5S. The number of aromatic nitrogens is 1. The number of rotatable bonds is 11. The Morgan fingerprint density at radius 2 is 1.87 bits per heavy atom. The maximum absolute atomic E-state index is 12.7. The summed E-state index contributed by atoms with van der Waals surface area (Å²) in [6.45, 7) is 8.64. The van der Waals surface area contributed by atoms with E-state index in [2.05, 4.69) is 41.3 Å². The maximum Gasteiger partial charge on any atom is 0.270 e. The number of benzene rings is 1. The lowest BCUT2D eigenvalue weighted by Crippen LogP contribution is -2.39. The van der Waals surface area contributed by atoms with Crippen LogP contribution in [-0.4, -0.2) is 66.7 Å². The van der Waals surface area contributed by atoms with Crippen molar-refractivity contribution in [3.05, 3.63) is 28.8 Å². The van der Waals surface area contributed by atoms with Gasteiger partial charge in [-0.25, -0.2) is 4.98 Å². The minimum atomic E-state index is -0.497. The number of thiazole rings is 1. The van der Waals surface area contributed by atoms with E-state index >= 15 is 0 Å². The molecule has 0 saturated carbocycles. The van der Waals surface area contributed by atoms with E-state index in [9.17, 15) is 14.7 Å². The zero-order valence-corrected chi connectivity index (χ0v) is 19.3. The number of anilines is 1. The number of amides is 2. The zero-order valence-electron chi connectivity index (χ0n) is 18.5. The van der Waals surface area contributed by atoms with Crippen molar-refractivity contribution in [1.29, 1.82) is 0 Å². The number of phenols is 1. The Hall–Kier alpha value is -2.85. The molecule has 0 bridgehead atoms. The first kappa shape index (κ1) is 24.4.